The van der Waals surface area contributed by atoms with Crippen molar-refractivity contribution < 1.29 is 27.9 Å². The minimum absolute atomic E-state index is 0.182. The predicted octanol–water partition coefficient (Wildman–Crippen LogP) is 3.16. The van der Waals surface area contributed by atoms with Gasteiger partial charge in [-0.15, -0.1) is 0 Å². The van der Waals surface area contributed by atoms with Crippen LogP contribution in [0.1, 0.15) is 28.8 Å². The van der Waals surface area contributed by atoms with Gasteiger partial charge in [0.1, 0.15) is 6.04 Å². The molecule has 1 aliphatic rings. The lowest BCUT2D eigenvalue weighted by molar-refractivity contribution is -0.141. The Hall–Kier alpha value is -1.57. The SMILES string of the molecule is O=C(O)C1CCCN1C(=O)c1cc(C(F)(F)F)ccc1Br. The van der Waals surface area contributed by atoms with Crippen molar-refractivity contribution >= 4 is 27.8 Å². The number of carbonyl (C=O) groups is 2. The van der Waals surface area contributed by atoms with Gasteiger partial charge in [-0.3, -0.25) is 4.79 Å². The number of likely N-dealkylation sites (tertiary alicyclic amines) is 1. The second-order valence-corrected chi connectivity index (χ2v) is 5.54. The molecule has 4 nitrogen and oxygen atoms in total. The molecule has 0 radical (unpaired) electrons. The minimum Gasteiger partial charge on any atom is -0.480 e. The molecule has 8 heteroatoms. The van der Waals surface area contributed by atoms with Gasteiger partial charge in [0.2, 0.25) is 0 Å². The lowest BCUT2D eigenvalue weighted by atomic mass is 10.1. The molecule has 0 aromatic heterocycles. The van der Waals surface area contributed by atoms with Crippen LogP contribution >= 0.6 is 15.9 Å². The number of aliphatic carboxylic acids is 1. The van der Waals surface area contributed by atoms with E-state index in [1.165, 1.54) is 0 Å². The van der Waals surface area contributed by atoms with Gasteiger partial charge in [-0.25, -0.2) is 4.79 Å². The summed E-state index contributed by atoms with van der Waals surface area (Å²) in [6.07, 6.45) is -3.75. The average molecular weight is 366 g/mol. The highest BCUT2D eigenvalue weighted by Gasteiger charge is 2.37. The van der Waals surface area contributed by atoms with Gasteiger partial charge in [-0.2, -0.15) is 13.2 Å². The largest absolute Gasteiger partial charge is 0.480 e. The van der Waals surface area contributed by atoms with E-state index < -0.39 is 29.7 Å². The Kier molecular flexibility index (Phi) is 4.27. The van der Waals surface area contributed by atoms with Crippen molar-refractivity contribution in [2.24, 2.45) is 0 Å². The molecular formula is C13H11BrF3NO3. The Morgan fingerprint density at radius 2 is 2.00 bits per heavy atom. The van der Waals surface area contributed by atoms with Crippen LogP contribution in [0.15, 0.2) is 22.7 Å². The second kappa shape index (κ2) is 5.67. The van der Waals surface area contributed by atoms with E-state index in [-0.39, 0.29) is 16.6 Å². The molecule has 1 amide bonds. The van der Waals surface area contributed by atoms with E-state index in [1.54, 1.807) is 0 Å². The summed E-state index contributed by atoms with van der Waals surface area (Å²) in [6, 6.07) is 1.75. The van der Waals surface area contributed by atoms with Crippen molar-refractivity contribution in [3.63, 3.8) is 0 Å². The number of rotatable bonds is 2. The van der Waals surface area contributed by atoms with Gasteiger partial charge in [-0.05, 0) is 47.0 Å². The molecule has 0 bridgehead atoms. The first kappa shape index (κ1) is 15.8. The standard InChI is InChI=1S/C13H11BrF3NO3/c14-9-4-3-7(13(15,16)17)6-8(9)11(19)18-5-1-2-10(18)12(20)21/h3-4,6,10H,1-2,5H2,(H,20,21). The lowest BCUT2D eigenvalue weighted by Gasteiger charge is -2.22. The van der Waals surface area contributed by atoms with Crippen LogP contribution in [0.5, 0.6) is 0 Å². The highest BCUT2D eigenvalue weighted by atomic mass is 79.9. The molecule has 2 rings (SSSR count). The molecule has 1 unspecified atom stereocenters. The zero-order valence-corrected chi connectivity index (χ0v) is 12.2. The second-order valence-electron chi connectivity index (χ2n) is 4.69. The molecule has 1 N–H and O–H groups in total. The first-order valence-corrected chi connectivity index (χ1v) is 6.91. The highest BCUT2D eigenvalue weighted by Crippen LogP contribution is 2.33. The van der Waals surface area contributed by atoms with E-state index in [0.29, 0.717) is 12.8 Å². The van der Waals surface area contributed by atoms with Gasteiger partial charge in [0, 0.05) is 11.0 Å². The molecule has 0 aliphatic carbocycles. The maximum atomic E-state index is 12.7. The molecule has 0 saturated carbocycles. The van der Waals surface area contributed by atoms with E-state index in [9.17, 15) is 22.8 Å². The highest BCUT2D eigenvalue weighted by molar-refractivity contribution is 9.10. The Labute approximate surface area is 126 Å². The smallest absolute Gasteiger partial charge is 0.416 e. The Balaban J connectivity index is 2.37. The van der Waals surface area contributed by atoms with Crippen molar-refractivity contribution in [3.8, 4) is 0 Å². The Bertz CT molecular complexity index is 589. The third kappa shape index (κ3) is 3.20. The number of amides is 1. The maximum absolute atomic E-state index is 12.7. The van der Waals surface area contributed by atoms with Crippen LogP contribution < -0.4 is 0 Å². The third-order valence-corrected chi connectivity index (χ3v) is 4.01. The first-order valence-electron chi connectivity index (χ1n) is 6.12. The topological polar surface area (TPSA) is 57.6 Å². The van der Waals surface area contributed by atoms with Crippen LogP contribution in [0, 0.1) is 0 Å². The molecule has 1 aliphatic heterocycles. The summed E-state index contributed by atoms with van der Waals surface area (Å²) in [7, 11) is 0. The van der Waals surface area contributed by atoms with Crippen LogP contribution in [-0.4, -0.2) is 34.5 Å². The summed E-state index contributed by atoms with van der Waals surface area (Å²) in [6.45, 7) is 0.221. The summed E-state index contributed by atoms with van der Waals surface area (Å²) >= 11 is 3.04. The Morgan fingerprint density at radius 1 is 1.33 bits per heavy atom. The quantitative estimate of drug-likeness (QED) is 0.875. The van der Waals surface area contributed by atoms with Crippen LogP contribution in [0.25, 0.3) is 0 Å². The molecule has 1 fully saturated rings. The van der Waals surface area contributed by atoms with Crippen LogP contribution in [0.4, 0.5) is 13.2 Å². The number of carboxylic acids is 1. The minimum atomic E-state index is -4.56. The van der Waals surface area contributed by atoms with Crippen LogP contribution in [0.2, 0.25) is 0 Å². The maximum Gasteiger partial charge on any atom is 0.416 e. The van der Waals surface area contributed by atoms with Crippen molar-refractivity contribution in [3.05, 3.63) is 33.8 Å². The third-order valence-electron chi connectivity index (χ3n) is 3.32. The number of alkyl halides is 3. The van der Waals surface area contributed by atoms with Gasteiger partial charge in [0.25, 0.3) is 5.91 Å². The first-order chi connectivity index (χ1) is 9.71. The van der Waals surface area contributed by atoms with Crippen molar-refractivity contribution in [2.45, 2.75) is 25.1 Å². The summed E-state index contributed by atoms with van der Waals surface area (Å²) in [5.74, 6) is -1.86. The van der Waals surface area contributed by atoms with Crippen LogP contribution in [-0.2, 0) is 11.0 Å². The fourth-order valence-electron chi connectivity index (χ4n) is 2.29. The number of nitrogens with zero attached hydrogens (tertiary/aromatic N) is 1. The molecular weight excluding hydrogens is 355 g/mol. The van der Waals surface area contributed by atoms with Gasteiger partial charge in [0.15, 0.2) is 0 Å². The molecule has 1 heterocycles. The molecule has 1 aromatic carbocycles. The number of halogens is 4. The van der Waals surface area contributed by atoms with Gasteiger partial charge >= 0.3 is 12.1 Å². The fourth-order valence-corrected chi connectivity index (χ4v) is 2.70. The number of carboxylic acid groups (broad SMARTS) is 1. The van der Waals surface area contributed by atoms with Gasteiger partial charge in [0.05, 0.1) is 11.1 Å². The number of benzene rings is 1. The van der Waals surface area contributed by atoms with E-state index in [2.05, 4.69) is 15.9 Å². The molecule has 1 atom stereocenters. The average Bonchev–Trinajstić information content (AvgIpc) is 2.86. The number of carbonyl (C=O) groups excluding carboxylic acids is 1. The zero-order valence-electron chi connectivity index (χ0n) is 10.7. The molecule has 1 saturated heterocycles. The van der Waals surface area contributed by atoms with Gasteiger partial charge < -0.3 is 10.0 Å². The van der Waals surface area contributed by atoms with E-state index in [1.807, 2.05) is 0 Å². The van der Waals surface area contributed by atoms with Crippen LogP contribution in [0.3, 0.4) is 0 Å². The molecule has 0 spiro atoms. The number of hydrogen-bond acceptors (Lipinski definition) is 2. The summed E-state index contributed by atoms with van der Waals surface area (Å²) in [4.78, 5) is 24.5. The van der Waals surface area contributed by atoms with E-state index in [0.717, 1.165) is 23.1 Å². The number of hydrogen-bond donors (Lipinski definition) is 1. The Morgan fingerprint density at radius 3 is 2.57 bits per heavy atom. The lowest BCUT2D eigenvalue weighted by Crippen LogP contribution is -2.40. The monoisotopic (exact) mass is 365 g/mol. The summed E-state index contributed by atoms with van der Waals surface area (Å²) in [5.41, 5.74) is -1.13. The normalized spacial score (nSPS) is 18.9. The molecule has 1 aromatic rings. The molecule has 114 valence electrons. The van der Waals surface area contributed by atoms with E-state index >= 15 is 0 Å². The zero-order chi connectivity index (χ0) is 15.8. The summed E-state index contributed by atoms with van der Waals surface area (Å²) < 4.78 is 38.3. The predicted molar refractivity (Wildman–Crippen MR) is 70.8 cm³/mol. The van der Waals surface area contributed by atoms with Crippen molar-refractivity contribution in [2.75, 3.05) is 6.54 Å². The van der Waals surface area contributed by atoms with Crippen molar-refractivity contribution in [1.29, 1.82) is 0 Å². The fraction of sp³-hybridized carbons (Fsp3) is 0.385. The van der Waals surface area contributed by atoms with Gasteiger partial charge in [-0.1, -0.05) is 0 Å². The van der Waals surface area contributed by atoms with E-state index in [4.69, 9.17) is 5.11 Å². The summed E-state index contributed by atoms with van der Waals surface area (Å²) in [5, 5.41) is 9.05. The van der Waals surface area contributed by atoms with Crippen molar-refractivity contribution in [1.82, 2.24) is 4.90 Å². The molecule has 21 heavy (non-hydrogen) atoms.